The molecule has 1 aromatic carbocycles. The molecule has 0 radical (unpaired) electrons. The first-order valence-electron chi connectivity index (χ1n) is 8.85. The number of carbonyl (C=O) groups is 1. The van der Waals surface area contributed by atoms with Gasteiger partial charge in [0.2, 0.25) is 17.7 Å². The van der Waals surface area contributed by atoms with Gasteiger partial charge < -0.3 is 9.32 Å². The van der Waals surface area contributed by atoms with Gasteiger partial charge in [0.15, 0.2) is 0 Å². The molecular weight excluding hydrogens is 366 g/mol. The highest BCUT2D eigenvalue weighted by molar-refractivity contribution is 6.31. The number of nitrogens with zero attached hydrogens (tertiary/aromatic N) is 5. The van der Waals surface area contributed by atoms with Crippen molar-refractivity contribution in [3.8, 4) is 22.6 Å². The Morgan fingerprint density at radius 1 is 1.00 bits per heavy atom. The van der Waals surface area contributed by atoms with Gasteiger partial charge >= 0.3 is 0 Å². The standard InChI is InChI=1S/C19H18ClN5O2/c20-16-7-13(15-10-21-12-22-11-15)6-14(8-16)19-24-23-17(27-19)9-18(26)25-4-2-1-3-5-25/h6-8,10-12H,1-5,9H2. The van der Waals surface area contributed by atoms with Crippen LogP contribution in [-0.2, 0) is 11.2 Å². The molecule has 7 nitrogen and oxygen atoms in total. The van der Waals surface area contributed by atoms with Crippen LogP contribution >= 0.6 is 11.6 Å². The van der Waals surface area contributed by atoms with Gasteiger partial charge in [-0.2, -0.15) is 0 Å². The first kappa shape index (κ1) is 17.6. The summed E-state index contributed by atoms with van der Waals surface area (Å²) >= 11 is 6.25. The SMILES string of the molecule is O=C(Cc1nnc(-c2cc(Cl)cc(-c3cncnc3)c2)o1)N1CCCCC1. The van der Waals surface area contributed by atoms with Crippen LogP contribution < -0.4 is 0 Å². The lowest BCUT2D eigenvalue weighted by Crippen LogP contribution is -2.36. The molecule has 0 aliphatic carbocycles. The van der Waals surface area contributed by atoms with E-state index in [9.17, 15) is 4.79 Å². The summed E-state index contributed by atoms with van der Waals surface area (Å²) in [5.74, 6) is 0.667. The van der Waals surface area contributed by atoms with Gasteiger partial charge in [-0.15, -0.1) is 10.2 Å². The van der Waals surface area contributed by atoms with Gasteiger partial charge in [-0.1, -0.05) is 11.6 Å². The first-order chi connectivity index (χ1) is 13.2. The van der Waals surface area contributed by atoms with E-state index in [1.54, 1.807) is 18.5 Å². The fourth-order valence-corrected chi connectivity index (χ4v) is 3.39. The van der Waals surface area contributed by atoms with Crippen LogP contribution in [0.3, 0.4) is 0 Å². The number of rotatable bonds is 4. The van der Waals surface area contributed by atoms with Crippen molar-refractivity contribution in [1.29, 1.82) is 0 Å². The molecule has 1 saturated heterocycles. The maximum Gasteiger partial charge on any atom is 0.247 e. The van der Waals surface area contributed by atoms with Crippen molar-refractivity contribution in [2.75, 3.05) is 13.1 Å². The van der Waals surface area contributed by atoms with Gasteiger partial charge in [-0.25, -0.2) is 9.97 Å². The van der Waals surface area contributed by atoms with Gasteiger partial charge in [-0.05, 0) is 43.0 Å². The molecule has 1 aliphatic rings. The molecule has 0 N–H and O–H groups in total. The highest BCUT2D eigenvalue weighted by Crippen LogP contribution is 2.29. The van der Waals surface area contributed by atoms with Crippen molar-refractivity contribution in [3.05, 3.63) is 47.8 Å². The third-order valence-corrected chi connectivity index (χ3v) is 4.73. The summed E-state index contributed by atoms with van der Waals surface area (Å²) in [7, 11) is 0. The number of halogens is 1. The Bertz CT molecular complexity index is 938. The first-order valence-corrected chi connectivity index (χ1v) is 9.23. The lowest BCUT2D eigenvalue weighted by molar-refractivity contribution is -0.131. The predicted molar refractivity (Wildman–Crippen MR) is 99.9 cm³/mol. The molecule has 0 spiro atoms. The lowest BCUT2D eigenvalue weighted by Gasteiger charge is -2.26. The van der Waals surface area contributed by atoms with Crippen LogP contribution in [0.1, 0.15) is 25.2 Å². The number of amides is 1. The molecule has 4 rings (SSSR count). The summed E-state index contributed by atoms with van der Waals surface area (Å²) in [6.07, 6.45) is 8.28. The number of hydrogen-bond acceptors (Lipinski definition) is 6. The molecule has 1 aliphatic heterocycles. The summed E-state index contributed by atoms with van der Waals surface area (Å²) in [5.41, 5.74) is 2.37. The van der Waals surface area contributed by atoms with Gasteiger partial charge in [0, 0.05) is 41.6 Å². The predicted octanol–water partition coefficient (Wildman–Crippen LogP) is 3.40. The Kier molecular flexibility index (Phi) is 5.11. The van der Waals surface area contributed by atoms with Crippen LogP contribution in [-0.4, -0.2) is 44.1 Å². The summed E-state index contributed by atoms with van der Waals surface area (Å²) < 4.78 is 5.72. The molecule has 0 saturated carbocycles. The van der Waals surface area contributed by atoms with E-state index in [4.69, 9.17) is 16.0 Å². The van der Waals surface area contributed by atoms with E-state index in [1.165, 1.54) is 12.7 Å². The molecule has 2 aromatic heterocycles. The normalized spacial score (nSPS) is 14.3. The molecule has 1 amide bonds. The number of piperidine rings is 1. The van der Waals surface area contributed by atoms with E-state index in [0.717, 1.165) is 37.1 Å². The largest absolute Gasteiger partial charge is 0.420 e. The number of likely N-dealkylation sites (tertiary alicyclic amines) is 1. The van der Waals surface area contributed by atoms with E-state index < -0.39 is 0 Å². The van der Waals surface area contributed by atoms with Gasteiger partial charge in [-0.3, -0.25) is 4.79 Å². The zero-order chi connectivity index (χ0) is 18.6. The summed E-state index contributed by atoms with van der Waals surface area (Å²) in [6.45, 7) is 1.60. The Morgan fingerprint density at radius 3 is 2.52 bits per heavy atom. The fraction of sp³-hybridized carbons (Fsp3) is 0.316. The Morgan fingerprint density at radius 2 is 1.74 bits per heavy atom. The van der Waals surface area contributed by atoms with Crippen LogP contribution in [0.4, 0.5) is 0 Å². The zero-order valence-electron chi connectivity index (χ0n) is 14.6. The van der Waals surface area contributed by atoms with Crippen molar-refractivity contribution in [2.24, 2.45) is 0 Å². The fourth-order valence-electron chi connectivity index (χ4n) is 3.15. The van der Waals surface area contributed by atoms with Crippen molar-refractivity contribution in [2.45, 2.75) is 25.7 Å². The molecule has 3 aromatic rings. The molecule has 0 bridgehead atoms. The molecular formula is C19H18ClN5O2. The monoisotopic (exact) mass is 383 g/mol. The molecule has 138 valence electrons. The average Bonchev–Trinajstić information content (AvgIpc) is 3.17. The van der Waals surface area contributed by atoms with Crippen LogP contribution in [0.15, 0.2) is 41.3 Å². The molecule has 0 atom stereocenters. The number of aromatic nitrogens is 4. The van der Waals surface area contributed by atoms with Crippen LogP contribution in [0.25, 0.3) is 22.6 Å². The number of benzene rings is 1. The molecule has 3 heterocycles. The number of hydrogen-bond donors (Lipinski definition) is 0. The maximum atomic E-state index is 12.4. The Hall–Kier alpha value is -2.80. The quantitative estimate of drug-likeness (QED) is 0.686. The zero-order valence-corrected chi connectivity index (χ0v) is 15.4. The van der Waals surface area contributed by atoms with Crippen LogP contribution in [0, 0.1) is 0 Å². The Balaban J connectivity index is 1.54. The third-order valence-electron chi connectivity index (χ3n) is 4.52. The van der Waals surface area contributed by atoms with E-state index in [1.807, 2.05) is 17.0 Å². The second kappa shape index (κ2) is 7.84. The van der Waals surface area contributed by atoms with E-state index in [0.29, 0.717) is 22.4 Å². The molecule has 0 unspecified atom stereocenters. The number of carbonyl (C=O) groups excluding carboxylic acids is 1. The molecule has 27 heavy (non-hydrogen) atoms. The van der Waals surface area contributed by atoms with Crippen LogP contribution in [0.2, 0.25) is 5.02 Å². The minimum absolute atomic E-state index is 0.0260. The average molecular weight is 384 g/mol. The second-order valence-electron chi connectivity index (χ2n) is 6.47. The topological polar surface area (TPSA) is 85.0 Å². The van der Waals surface area contributed by atoms with Crippen LogP contribution in [0.5, 0.6) is 0 Å². The van der Waals surface area contributed by atoms with Gasteiger partial charge in [0.05, 0.1) is 0 Å². The summed E-state index contributed by atoms with van der Waals surface area (Å²) in [6, 6.07) is 5.45. The highest BCUT2D eigenvalue weighted by Gasteiger charge is 2.20. The molecule has 8 heteroatoms. The van der Waals surface area contributed by atoms with E-state index >= 15 is 0 Å². The van der Waals surface area contributed by atoms with Crippen molar-refractivity contribution in [3.63, 3.8) is 0 Å². The van der Waals surface area contributed by atoms with Crippen molar-refractivity contribution >= 4 is 17.5 Å². The van der Waals surface area contributed by atoms with E-state index in [2.05, 4.69) is 20.2 Å². The van der Waals surface area contributed by atoms with Crippen molar-refractivity contribution in [1.82, 2.24) is 25.1 Å². The summed E-state index contributed by atoms with van der Waals surface area (Å²) in [5, 5.41) is 8.65. The minimum Gasteiger partial charge on any atom is -0.420 e. The molecule has 1 fully saturated rings. The minimum atomic E-state index is 0.0260. The third kappa shape index (κ3) is 4.14. The Labute approximate surface area is 161 Å². The van der Waals surface area contributed by atoms with Gasteiger partial charge in [0.1, 0.15) is 12.7 Å². The van der Waals surface area contributed by atoms with E-state index in [-0.39, 0.29) is 12.3 Å². The van der Waals surface area contributed by atoms with Gasteiger partial charge in [0.25, 0.3) is 0 Å². The maximum absolute atomic E-state index is 12.4. The van der Waals surface area contributed by atoms with Crippen molar-refractivity contribution < 1.29 is 9.21 Å². The lowest BCUT2D eigenvalue weighted by atomic mass is 10.1. The summed E-state index contributed by atoms with van der Waals surface area (Å²) in [4.78, 5) is 22.3. The second-order valence-corrected chi connectivity index (χ2v) is 6.91. The highest BCUT2D eigenvalue weighted by atomic mass is 35.5. The smallest absolute Gasteiger partial charge is 0.247 e.